The zero-order valence-corrected chi connectivity index (χ0v) is 23.4. The van der Waals surface area contributed by atoms with Gasteiger partial charge in [0.1, 0.15) is 0 Å². The highest BCUT2D eigenvalue weighted by molar-refractivity contribution is 6.98. The van der Waals surface area contributed by atoms with Gasteiger partial charge in [-0.3, -0.25) is 0 Å². The lowest BCUT2D eigenvalue weighted by Crippen LogP contribution is -2.56. The second kappa shape index (κ2) is 8.62. The minimum Gasteiger partial charge on any atom is -0.0845 e. The molecule has 0 aliphatic rings. The predicted molar refractivity (Wildman–Crippen MR) is 144 cm³/mol. The summed E-state index contributed by atoms with van der Waals surface area (Å²) in [5.41, 5.74) is 2.72. The molecule has 0 atom stereocenters. The Morgan fingerprint density at radius 3 is 1.47 bits per heavy atom. The van der Waals surface area contributed by atoms with Crippen LogP contribution in [0.15, 0.2) is 60.7 Å². The Morgan fingerprint density at radius 2 is 1.07 bits per heavy atom. The molecular formula is C26H34ClSi3. The molecule has 0 unspecified atom stereocenters. The molecule has 0 aliphatic heterocycles. The van der Waals surface area contributed by atoms with Crippen LogP contribution >= 0.6 is 11.6 Å². The molecule has 0 aliphatic carbocycles. The molecule has 0 nitrogen and oxygen atoms in total. The number of hydrogen-bond acceptors (Lipinski definition) is 0. The Labute approximate surface area is 192 Å². The first-order valence-corrected chi connectivity index (χ1v) is 19.6. The third kappa shape index (κ3) is 5.25. The minimum absolute atomic E-state index is 0.888. The summed E-state index contributed by atoms with van der Waals surface area (Å²) < 4.78 is 0. The third-order valence-corrected chi connectivity index (χ3v) is 12.8. The van der Waals surface area contributed by atoms with Crippen molar-refractivity contribution in [1.29, 1.82) is 0 Å². The standard InChI is InChI=1S/C26H34ClSi3/c1-19-13-21(17-23(15-19)29(3,4)5)28(26-12-10-9-11-25(26)27)22-14-20(2)16-24(18-22)30(6,7)8/h9-18H,1-8H3. The Bertz CT molecular complexity index is 995. The van der Waals surface area contributed by atoms with Crippen LogP contribution in [0.1, 0.15) is 11.1 Å². The summed E-state index contributed by atoms with van der Waals surface area (Å²) in [5.74, 6) is 0. The van der Waals surface area contributed by atoms with E-state index in [4.69, 9.17) is 11.6 Å². The van der Waals surface area contributed by atoms with Crippen molar-refractivity contribution in [2.45, 2.75) is 53.1 Å². The topological polar surface area (TPSA) is 0 Å². The fraction of sp³-hybridized carbons (Fsp3) is 0.308. The molecule has 0 saturated heterocycles. The molecule has 157 valence electrons. The maximum atomic E-state index is 6.80. The molecule has 0 amide bonds. The molecule has 0 N–H and O–H groups in total. The summed E-state index contributed by atoms with van der Waals surface area (Å²) in [7, 11) is -4.04. The number of rotatable bonds is 5. The van der Waals surface area contributed by atoms with Gasteiger partial charge in [0.25, 0.3) is 0 Å². The number of benzene rings is 3. The molecule has 4 heteroatoms. The molecule has 1 radical (unpaired) electrons. The van der Waals surface area contributed by atoms with Crippen LogP contribution in [-0.4, -0.2) is 24.9 Å². The zero-order chi connectivity index (χ0) is 22.3. The number of aryl methyl sites for hydroxylation is 2. The van der Waals surface area contributed by atoms with Gasteiger partial charge in [-0.15, -0.1) is 0 Å². The van der Waals surface area contributed by atoms with E-state index >= 15 is 0 Å². The monoisotopic (exact) mass is 465 g/mol. The van der Waals surface area contributed by atoms with Crippen molar-refractivity contribution in [3.63, 3.8) is 0 Å². The quantitative estimate of drug-likeness (QED) is 0.382. The van der Waals surface area contributed by atoms with Crippen LogP contribution < -0.4 is 25.9 Å². The van der Waals surface area contributed by atoms with Gasteiger partial charge >= 0.3 is 0 Å². The molecule has 0 bridgehead atoms. The van der Waals surface area contributed by atoms with Crippen molar-refractivity contribution < 1.29 is 0 Å². The van der Waals surface area contributed by atoms with Gasteiger partial charge in [-0.1, -0.05) is 137 Å². The van der Waals surface area contributed by atoms with E-state index in [9.17, 15) is 0 Å². The molecule has 0 saturated carbocycles. The first kappa shape index (κ1) is 23.3. The molecule has 0 fully saturated rings. The molecule has 3 aromatic rings. The molecule has 3 rings (SSSR count). The number of hydrogen-bond donors (Lipinski definition) is 0. The average Bonchev–Trinajstić information content (AvgIpc) is 2.61. The maximum absolute atomic E-state index is 6.80. The Hall–Kier alpha value is -1.40. The summed E-state index contributed by atoms with van der Waals surface area (Å²) in [6, 6.07) is 23.0. The Balaban J connectivity index is 2.31. The lowest BCUT2D eigenvalue weighted by molar-refractivity contribution is 1.49. The molecule has 3 aromatic carbocycles. The highest BCUT2D eigenvalue weighted by Crippen LogP contribution is 2.10. The zero-order valence-electron chi connectivity index (χ0n) is 19.7. The van der Waals surface area contributed by atoms with E-state index in [1.807, 2.05) is 12.1 Å². The van der Waals surface area contributed by atoms with E-state index in [0.717, 1.165) is 5.02 Å². The molecule has 0 heterocycles. The van der Waals surface area contributed by atoms with Crippen molar-refractivity contribution in [1.82, 2.24) is 0 Å². The van der Waals surface area contributed by atoms with Crippen LogP contribution in [0.4, 0.5) is 0 Å². The van der Waals surface area contributed by atoms with E-state index in [-0.39, 0.29) is 0 Å². The maximum Gasteiger partial charge on any atom is 0.156 e. The summed E-state index contributed by atoms with van der Waals surface area (Å²) in [5, 5.41) is 8.16. The molecular weight excluding hydrogens is 432 g/mol. The predicted octanol–water partition coefficient (Wildman–Crippen LogP) is 4.56. The lowest BCUT2D eigenvalue weighted by atomic mass is 10.2. The SMILES string of the molecule is Cc1cc([Si](c2cc(C)cc([Si](C)(C)C)c2)c2ccccc2Cl)cc([Si](C)(C)C)c1. The van der Waals surface area contributed by atoms with Crippen molar-refractivity contribution in [2.75, 3.05) is 0 Å². The molecule has 0 spiro atoms. The second-order valence-electron chi connectivity index (χ2n) is 10.5. The van der Waals surface area contributed by atoms with Crippen molar-refractivity contribution in [2.24, 2.45) is 0 Å². The first-order valence-electron chi connectivity index (χ1n) is 10.7. The van der Waals surface area contributed by atoms with Gasteiger partial charge < -0.3 is 0 Å². The van der Waals surface area contributed by atoms with Gasteiger partial charge in [-0.25, -0.2) is 0 Å². The summed E-state index contributed by atoms with van der Waals surface area (Å²) in [6.07, 6.45) is 0. The van der Waals surface area contributed by atoms with Gasteiger partial charge in [0.05, 0.1) is 16.1 Å². The third-order valence-electron chi connectivity index (χ3n) is 5.61. The van der Waals surface area contributed by atoms with Crippen molar-refractivity contribution in [3.05, 3.63) is 76.8 Å². The Morgan fingerprint density at radius 1 is 0.633 bits per heavy atom. The van der Waals surface area contributed by atoms with Crippen molar-refractivity contribution in [3.8, 4) is 0 Å². The van der Waals surface area contributed by atoms with E-state index in [1.54, 1.807) is 0 Å². The molecule has 0 aromatic heterocycles. The van der Waals surface area contributed by atoms with Crippen LogP contribution in [0.3, 0.4) is 0 Å². The lowest BCUT2D eigenvalue weighted by Gasteiger charge is -2.25. The van der Waals surface area contributed by atoms with Crippen LogP contribution in [0.25, 0.3) is 0 Å². The summed E-state index contributed by atoms with van der Waals surface area (Å²) in [4.78, 5) is 0. The average molecular weight is 466 g/mol. The van der Waals surface area contributed by atoms with Gasteiger partial charge in [0.2, 0.25) is 0 Å². The van der Waals surface area contributed by atoms with Crippen LogP contribution in [0, 0.1) is 13.8 Å². The second-order valence-corrected chi connectivity index (χ2v) is 23.5. The fourth-order valence-electron chi connectivity index (χ4n) is 3.86. The van der Waals surface area contributed by atoms with Crippen LogP contribution in [-0.2, 0) is 0 Å². The normalized spacial score (nSPS) is 12.5. The number of halogens is 1. The first-order chi connectivity index (χ1) is 13.9. The van der Waals surface area contributed by atoms with Crippen LogP contribution in [0.5, 0.6) is 0 Å². The summed E-state index contributed by atoms with van der Waals surface area (Å²) in [6.45, 7) is 19.1. The van der Waals surface area contributed by atoms with Gasteiger partial charge in [0, 0.05) is 5.02 Å². The van der Waals surface area contributed by atoms with E-state index in [1.165, 1.54) is 37.1 Å². The van der Waals surface area contributed by atoms with E-state index in [0.29, 0.717) is 0 Å². The highest BCUT2D eigenvalue weighted by Gasteiger charge is 2.27. The van der Waals surface area contributed by atoms with E-state index < -0.39 is 24.9 Å². The van der Waals surface area contributed by atoms with Crippen LogP contribution in [0.2, 0.25) is 44.3 Å². The van der Waals surface area contributed by atoms with Gasteiger partial charge in [-0.05, 0) is 25.1 Å². The van der Waals surface area contributed by atoms with Gasteiger partial charge in [0.15, 0.2) is 8.80 Å². The summed E-state index contributed by atoms with van der Waals surface area (Å²) >= 11 is 6.80. The minimum atomic E-state index is -1.42. The smallest absolute Gasteiger partial charge is 0.0845 e. The largest absolute Gasteiger partial charge is 0.156 e. The van der Waals surface area contributed by atoms with Crippen molar-refractivity contribution >= 4 is 62.5 Å². The van der Waals surface area contributed by atoms with E-state index in [2.05, 4.69) is 102 Å². The Kier molecular flexibility index (Phi) is 6.69. The van der Waals surface area contributed by atoms with Gasteiger partial charge in [-0.2, -0.15) is 0 Å². The highest BCUT2D eigenvalue weighted by atomic mass is 35.5. The molecule has 30 heavy (non-hydrogen) atoms. The fourth-order valence-corrected chi connectivity index (χ4v) is 9.95.